The Labute approximate surface area is 79.1 Å². The highest BCUT2D eigenvalue weighted by atomic mass is 16.2. The minimum Gasteiger partial charge on any atom is -0.252 e. The molecule has 0 aliphatic carbocycles. The Hall–Kier alpha value is -0.960. The van der Waals surface area contributed by atoms with Gasteiger partial charge in [0, 0.05) is 6.42 Å². The van der Waals surface area contributed by atoms with E-state index in [-0.39, 0.29) is 6.61 Å². The van der Waals surface area contributed by atoms with Crippen molar-refractivity contribution in [2.24, 2.45) is 0 Å². The van der Waals surface area contributed by atoms with Crippen LogP contribution in [0.25, 0.3) is 0 Å². The SMILES string of the molecule is CC[n+]1ccncc1CCCC[O]. The molecule has 0 fully saturated rings. The zero-order valence-electron chi connectivity index (χ0n) is 8.07. The monoisotopic (exact) mass is 180 g/mol. The fourth-order valence-electron chi connectivity index (χ4n) is 1.34. The lowest BCUT2D eigenvalue weighted by atomic mass is 10.2. The van der Waals surface area contributed by atoms with Gasteiger partial charge in [-0.25, -0.2) is 5.11 Å². The van der Waals surface area contributed by atoms with E-state index in [1.54, 1.807) is 6.20 Å². The van der Waals surface area contributed by atoms with Gasteiger partial charge >= 0.3 is 0 Å². The predicted octanol–water partition coefficient (Wildman–Crippen LogP) is 1.14. The molecule has 1 aromatic heterocycles. The summed E-state index contributed by atoms with van der Waals surface area (Å²) >= 11 is 0. The summed E-state index contributed by atoms with van der Waals surface area (Å²) in [5, 5.41) is 10.3. The summed E-state index contributed by atoms with van der Waals surface area (Å²) in [5.41, 5.74) is 1.22. The van der Waals surface area contributed by atoms with E-state index in [9.17, 15) is 5.11 Å². The summed E-state index contributed by atoms with van der Waals surface area (Å²) in [6.07, 6.45) is 8.35. The van der Waals surface area contributed by atoms with Gasteiger partial charge in [-0.2, -0.15) is 4.57 Å². The van der Waals surface area contributed by atoms with Gasteiger partial charge < -0.3 is 0 Å². The molecular formula is C10H16N2O+. The third kappa shape index (κ3) is 3.11. The molecule has 1 aromatic rings. The Kier molecular flexibility index (Phi) is 4.40. The fourth-order valence-corrected chi connectivity index (χ4v) is 1.34. The van der Waals surface area contributed by atoms with E-state index in [1.807, 2.05) is 12.4 Å². The molecule has 1 radical (unpaired) electrons. The molecule has 0 aromatic carbocycles. The molecule has 0 spiro atoms. The lowest BCUT2D eigenvalue weighted by Crippen LogP contribution is -2.36. The van der Waals surface area contributed by atoms with Crippen LogP contribution < -0.4 is 4.57 Å². The zero-order chi connectivity index (χ0) is 9.52. The minimum atomic E-state index is 0.0341. The third-order valence-corrected chi connectivity index (χ3v) is 2.09. The second-order valence-corrected chi connectivity index (χ2v) is 3.01. The zero-order valence-corrected chi connectivity index (χ0v) is 8.07. The highest BCUT2D eigenvalue weighted by molar-refractivity contribution is 4.86. The van der Waals surface area contributed by atoms with Gasteiger partial charge in [0.1, 0.15) is 6.54 Å². The van der Waals surface area contributed by atoms with Crippen LogP contribution in [0, 0.1) is 0 Å². The average Bonchev–Trinajstić information content (AvgIpc) is 2.19. The summed E-state index contributed by atoms with van der Waals surface area (Å²) in [5.74, 6) is 0. The van der Waals surface area contributed by atoms with E-state index in [2.05, 4.69) is 16.5 Å². The summed E-state index contributed by atoms with van der Waals surface area (Å²) in [6.45, 7) is 3.11. The van der Waals surface area contributed by atoms with Crippen molar-refractivity contribution in [3.63, 3.8) is 0 Å². The van der Waals surface area contributed by atoms with Gasteiger partial charge in [0.15, 0.2) is 11.9 Å². The van der Waals surface area contributed by atoms with Gasteiger partial charge in [-0.15, -0.1) is 0 Å². The molecule has 0 bridgehead atoms. The lowest BCUT2D eigenvalue weighted by Gasteiger charge is -1.99. The van der Waals surface area contributed by atoms with Crippen LogP contribution in [0.3, 0.4) is 0 Å². The van der Waals surface area contributed by atoms with Crippen molar-refractivity contribution in [2.45, 2.75) is 32.7 Å². The van der Waals surface area contributed by atoms with E-state index >= 15 is 0 Å². The van der Waals surface area contributed by atoms with E-state index in [4.69, 9.17) is 0 Å². The van der Waals surface area contributed by atoms with Crippen molar-refractivity contribution in [2.75, 3.05) is 6.61 Å². The van der Waals surface area contributed by atoms with Crippen LogP contribution in [-0.4, -0.2) is 11.6 Å². The van der Waals surface area contributed by atoms with Crippen molar-refractivity contribution < 1.29 is 9.67 Å². The van der Waals surface area contributed by atoms with Crippen LogP contribution in [0.2, 0.25) is 0 Å². The number of nitrogens with zero attached hydrogens (tertiary/aromatic N) is 2. The minimum absolute atomic E-state index is 0.0341. The topological polar surface area (TPSA) is 36.7 Å². The second-order valence-electron chi connectivity index (χ2n) is 3.01. The van der Waals surface area contributed by atoms with Gasteiger partial charge in [-0.3, -0.25) is 4.98 Å². The molecule has 0 atom stereocenters. The fraction of sp³-hybridized carbons (Fsp3) is 0.600. The first kappa shape index (κ1) is 10.1. The molecule has 3 nitrogen and oxygen atoms in total. The molecule has 13 heavy (non-hydrogen) atoms. The normalized spacial score (nSPS) is 10.3. The summed E-state index contributed by atoms with van der Waals surface area (Å²) in [4.78, 5) is 4.07. The molecule has 0 aliphatic rings. The van der Waals surface area contributed by atoms with Gasteiger partial charge in [0.25, 0.3) is 0 Å². The van der Waals surface area contributed by atoms with Crippen molar-refractivity contribution in [1.29, 1.82) is 0 Å². The quantitative estimate of drug-likeness (QED) is 0.494. The Morgan fingerprint density at radius 2 is 2.31 bits per heavy atom. The first-order valence-corrected chi connectivity index (χ1v) is 4.79. The third-order valence-electron chi connectivity index (χ3n) is 2.09. The van der Waals surface area contributed by atoms with Gasteiger partial charge in [-0.1, -0.05) is 0 Å². The van der Waals surface area contributed by atoms with Crippen molar-refractivity contribution in [3.05, 3.63) is 24.3 Å². The molecule has 71 valence electrons. The molecule has 0 amide bonds. The summed E-state index contributed by atoms with van der Waals surface area (Å²) in [7, 11) is 0. The number of hydrogen-bond donors (Lipinski definition) is 0. The number of aryl methyl sites for hydroxylation is 2. The molecule has 3 heteroatoms. The smallest absolute Gasteiger partial charge is 0.199 e. The Bertz CT molecular complexity index is 250. The summed E-state index contributed by atoms with van der Waals surface area (Å²) < 4.78 is 2.16. The maximum atomic E-state index is 10.3. The van der Waals surface area contributed by atoms with E-state index in [0.29, 0.717) is 0 Å². The van der Waals surface area contributed by atoms with Gasteiger partial charge in [0.05, 0.1) is 19.0 Å². The average molecular weight is 180 g/mol. The van der Waals surface area contributed by atoms with Crippen LogP contribution in [0.15, 0.2) is 18.6 Å². The van der Waals surface area contributed by atoms with Crippen molar-refractivity contribution >= 4 is 0 Å². The van der Waals surface area contributed by atoms with Crippen LogP contribution in [-0.2, 0) is 18.1 Å². The number of unbranched alkanes of at least 4 members (excludes halogenated alkanes) is 1. The second kappa shape index (κ2) is 5.65. The Balaban J connectivity index is 2.54. The molecule has 0 unspecified atom stereocenters. The standard InChI is InChI=1S/C10H16N2O/c1-2-12-7-6-11-9-10(12)5-3-4-8-13/h6-7,9H,2-5,8H2,1H3/q+1. The van der Waals surface area contributed by atoms with Gasteiger partial charge in [0.2, 0.25) is 0 Å². The largest absolute Gasteiger partial charge is 0.252 e. The van der Waals surface area contributed by atoms with E-state index in [1.165, 1.54) is 5.69 Å². The maximum Gasteiger partial charge on any atom is 0.199 e. The molecule has 1 heterocycles. The highest BCUT2D eigenvalue weighted by Gasteiger charge is 2.06. The first-order valence-electron chi connectivity index (χ1n) is 4.79. The molecule has 0 saturated carbocycles. The number of aromatic nitrogens is 2. The number of rotatable bonds is 5. The first-order chi connectivity index (χ1) is 6.38. The predicted molar refractivity (Wildman–Crippen MR) is 48.6 cm³/mol. The molecule has 0 saturated heterocycles. The summed E-state index contributed by atoms with van der Waals surface area (Å²) in [6, 6.07) is 0. The highest BCUT2D eigenvalue weighted by Crippen LogP contribution is 1.97. The van der Waals surface area contributed by atoms with Gasteiger partial charge in [-0.05, 0) is 19.8 Å². The van der Waals surface area contributed by atoms with Crippen LogP contribution in [0.1, 0.15) is 25.5 Å². The van der Waals surface area contributed by atoms with Crippen LogP contribution in [0.4, 0.5) is 0 Å². The molecule has 0 aliphatic heterocycles. The molecule has 1 rings (SSSR count). The molecule has 0 N–H and O–H groups in total. The molecular weight excluding hydrogens is 164 g/mol. The maximum absolute atomic E-state index is 10.3. The van der Waals surface area contributed by atoms with Crippen molar-refractivity contribution in [3.8, 4) is 0 Å². The van der Waals surface area contributed by atoms with Crippen molar-refractivity contribution in [1.82, 2.24) is 4.98 Å². The van der Waals surface area contributed by atoms with Crippen LogP contribution in [0.5, 0.6) is 0 Å². The Morgan fingerprint density at radius 3 is 3.00 bits per heavy atom. The van der Waals surface area contributed by atoms with Crippen LogP contribution >= 0.6 is 0 Å². The lowest BCUT2D eigenvalue weighted by molar-refractivity contribution is -0.701. The number of hydrogen-bond acceptors (Lipinski definition) is 1. The van der Waals surface area contributed by atoms with E-state index < -0.39 is 0 Å². The van der Waals surface area contributed by atoms with E-state index in [0.717, 1.165) is 25.8 Å². The Morgan fingerprint density at radius 1 is 1.46 bits per heavy atom.